The number of aliphatic hydroxyl groups is 1. The Morgan fingerprint density at radius 1 is 1.62 bits per heavy atom. The standard InChI is InChI=1S/C12H19NO2S/c1-2-5-10(11-6-4-9-16-11)13-12(15)7-3-8-14/h4,6,9-10,14H,2-3,5,7-8H2,1H3,(H,13,15). The third-order valence-electron chi connectivity index (χ3n) is 2.36. The molecule has 90 valence electrons. The fourth-order valence-electron chi connectivity index (χ4n) is 1.57. The maximum absolute atomic E-state index is 11.6. The van der Waals surface area contributed by atoms with Gasteiger partial charge in [-0.2, -0.15) is 0 Å². The lowest BCUT2D eigenvalue weighted by Crippen LogP contribution is -2.27. The van der Waals surface area contributed by atoms with E-state index in [0.29, 0.717) is 12.8 Å². The summed E-state index contributed by atoms with van der Waals surface area (Å²) in [5.74, 6) is 0.0286. The van der Waals surface area contributed by atoms with Crippen LogP contribution in [0.4, 0.5) is 0 Å². The zero-order valence-corrected chi connectivity index (χ0v) is 10.4. The van der Waals surface area contributed by atoms with Crippen LogP contribution < -0.4 is 5.32 Å². The molecule has 2 N–H and O–H groups in total. The monoisotopic (exact) mass is 241 g/mol. The lowest BCUT2D eigenvalue weighted by Gasteiger charge is -2.16. The van der Waals surface area contributed by atoms with Crippen molar-refractivity contribution < 1.29 is 9.90 Å². The normalized spacial score (nSPS) is 12.4. The summed E-state index contributed by atoms with van der Waals surface area (Å²) >= 11 is 1.67. The van der Waals surface area contributed by atoms with Crippen LogP contribution in [0.5, 0.6) is 0 Å². The van der Waals surface area contributed by atoms with Gasteiger partial charge in [0.15, 0.2) is 0 Å². The van der Waals surface area contributed by atoms with E-state index in [1.807, 2.05) is 11.4 Å². The van der Waals surface area contributed by atoms with Gasteiger partial charge in [0.25, 0.3) is 0 Å². The van der Waals surface area contributed by atoms with E-state index in [9.17, 15) is 4.79 Å². The van der Waals surface area contributed by atoms with Gasteiger partial charge in [0, 0.05) is 17.9 Å². The Labute approximate surface area is 100 Å². The summed E-state index contributed by atoms with van der Waals surface area (Å²) in [6, 6.07) is 4.19. The third-order valence-corrected chi connectivity index (χ3v) is 3.35. The lowest BCUT2D eigenvalue weighted by atomic mass is 10.1. The molecule has 0 fully saturated rings. The fraction of sp³-hybridized carbons (Fsp3) is 0.583. The molecule has 0 aliphatic carbocycles. The van der Waals surface area contributed by atoms with Crippen molar-refractivity contribution in [1.29, 1.82) is 0 Å². The van der Waals surface area contributed by atoms with Gasteiger partial charge in [0.05, 0.1) is 6.04 Å². The molecule has 0 aliphatic rings. The molecule has 0 saturated heterocycles. The highest BCUT2D eigenvalue weighted by molar-refractivity contribution is 7.10. The minimum atomic E-state index is 0.0286. The van der Waals surface area contributed by atoms with Crippen molar-refractivity contribution in [2.24, 2.45) is 0 Å². The van der Waals surface area contributed by atoms with E-state index in [2.05, 4.69) is 18.3 Å². The number of amides is 1. The minimum absolute atomic E-state index is 0.0286. The van der Waals surface area contributed by atoms with Gasteiger partial charge in [-0.1, -0.05) is 19.4 Å². The molecule has 0 radical (unpaired) electrons. The van der Waals surface area contributed by atoms with E-state index >= 15 is 0 Å². The number of nitrogens with one attached hydrogen (secondary N) is 1. The molecule has 0 saturated carbocycles. The van der Waals surface area contributed by atoms with Crippen molar-refractivity contribution in [2.45, 2.75) is 38.6 Å². The summed E-state index contributed by atoms with van der Waals surface area (Å²) in [5, 5.41) is 13.7. The predicted octanol–water partition coefficient (Wildman–Crippen LogP) is 2.48. The van der Waals surface area contributed by atoms with Crippen molar-refractivity contribution in [1.82, 2.24) is 5.32 Å². The van der Waals surface area contributed by atoms with E-state index in [-0.39, 0.29) is 18.6 Å². The number of rotatable bonds is 7. The van der Waals surface area contributed by atoms with Gasteiger partial charge in [0.2, 0.25) is 5.91 Å². The van der Waals surface area contributed by atoms with Gasteiger partial charge in [-0.25, -0.2) is 0 Å². The molecular formula is C12H19NO2S. The summed E-state index contributed by atoms with van der Waals surface area (Å²) in [4.78, 5) is 12.8. The highest BCUT2D eigenvalue weighted by atomic mass is 32.1. The molecule has 1 unspecified atom stereocenters. The van der Waals surface area contributed by atoms with Crippen LogP contribution in [0.1, 0.15) is 43.5 Å². The Bertz CT molecular complexity index is 298. The lowest BCUT2D eigenvalue weighted by molar-refractivity contribution is -0.122. The van der Waals surface area contributed by atoms with Gasteiger partial charge in [-0.3, -0.25) is 4.79 Å². The molecule has 1 aromatic rings. The maximum Gasteiger partial charge on any atom is 0.220 e. The summed E-state index contributed by atoms with van der Waals surface area (Å²) in [7, 11) is 0. The Morgan fingerprint density at radius 2 is 2.44 bits per heavy atom. The summed E-state index contributed by atoms with van der Waals surface area (Å²) in [5.41, 5.74) is 0. The average Bonchev–Trinajstić information content (AvgIpc) is 2.79. The molecule has 1 amide bonds. The first kappa shape index (κ1) is 13.2. The van der Waals surface area contributed by atoms with Gasteiger partial charge >= 0.3 is 0 Å². The third kappa shape index (κ3) is 4.33. The second kappa shape index (κ2) is 7.41. The maximum atomic E-state index is 11.6. The van der Waals surface area contributed by atoms with Crippen molar-refractivity contribution in [3.8, 4) is 0 Å². The second-order valence-corrected chi connectivity index (χ2v) is 4.73. The smallest absolute Gasteiger partial charge is 0.220 e. The highest BCUT2D eigenvalue weighted by Gasteiger charge is 2.13. The van der Waals surface area contributed by atoms with Crippen molar-refractivity contribution in [3.05, 3.63) is 22.4 Å². The van der Waals surface area contributed by atoms with Gasteiger partial charge in [-0.05, 0) is 24.3 Å². The topological polar surface area (TPSA) is 49.3 Å². The van der Waals surface area contributed by atoms with E-state index in [1.165, 1.54) is 4.88 Å². The van der Waals surface area contributed by atoms with Crippen LogP contribution in [0.3, 0.4) is 0 Å². The molecule has 0 spiro atoms. The number of hydrogen-bond acceptors (Lipinski definition) is 3. The molecule has 0 bridgehead atoms. The molecule has 1 heterocycles. The summed E-state index contributed by atoms with van der Waals surface area (Å²) in [6.45, 7) is 2.19. The van der Waals surface area contributed by atoms with E-state index in [0.717, 1.165) is 12.8 Å². The second-order valence-electron chi connectivity index (χ2n) is 3.75. The zero-order valence-electron chi connectivity index (χ0n) is 9.61. The molecule has 0 aliphatic heterocycles. The highest BCUT2D eigenvalue weighted by Crippen LogP contribution is 2.23. The van der Waals surface area contributed by atoms with Gasteiger partial charge < -0.3 is 10.4 Å². The zero-order chi connectivity index (χ0) is 11.8. The Kier molecular flexibility index (Phi) is 6.11. The van der Waals surface area contributed by atoms with Crippen LogP contribution in [0.2, 0.25) is 0 Å². The number of thiophene rings is 1. The fourth-order valence-corrected chi connectivity index (χ4v) is 2.38. The van der Waals surface area contributed by atoms with E-state index in [4.69, 9.17) is 5.11 Å². The van der Waals surface area contributed by atoms with Gasteiger partial charge in [0.1, 0.15) is 0 Å². The van der Waals surface area contributed by atoms with Crippen molar-refractivity contribution in [3.63, 3.8) is 0 Å². The molecule has 4 heteroatoms. The summed E-state index contributed by atoms with van der Waals surface area (Å²) in [6.07, 6.45) is 2.95. The van der Waals surface area contributed by atoms with E-state index < -0.39 is 0 Å². The molecule has 1 rings (SSSR count). The molecular weight excluding hydrogens is 222 g/mol. The Balaban J connectivity index is 2.48. The van der Waals surface area contributed by atoms with Crippen LogP contribution in [0.25, 0.3) is 0 Å². The first-order chi connectivity index (χ1) is 7.77. The predicted molar refractivity (Wildman–Crippen MR) is 66.4 cm³/mol. The van der Waals surface area contributed by atoms with Crippen LogP contribution in [0.15, 0.2) is 17.5 Å². The number of aliphatic hydroxyl groups excluding tert-OH is 1. The largest absolute Gasteiger partial charge is 0.396 e. The molecule has 16 heavy (non-hydrogen) atoms. The van der Waals surface area contributed by atoms with Crippen LogP contribution in [-0.4, -0.2) is 17.6 Å². The number of carbonyl (C=O) groups is 1. The number of carbonyl (C=O) groups excluding carboxylic acids is 1. The molecule has 1 aromatic heterocycles. The van der Waals surface area contributed by atoms with Crippen LogP contribution in [0, 0.1) is 0 Å². The van der Waals surface area contributed by atoms with Crippen LogP contribution >= 0.6 is 11.3 Å². The Hall–Kier alpha value is -0.870. The van der Waals surface area contributed by atoms with Crippen LogP contribution in [-0.2, 0) is 4.79 Å². The quantitative estimate of drug-likeness (QED) is 0.770. The average molecular weight is 241 g/mol. The first-order valence-electron chi connectivity index (χ1n) is 5.71. The molecule has 3 nitrogen and oxygen atoms in total. The molecule has 0 aromatic carbocycles. The van der Waals surface area contributed by atoms with Gasteiger partial charge in [-0.15, -0.1) is 11.3 Å². The SMILES string of the molecule is CCCC(NC(=O)CCCO)c1cccs1. The number of hydrogen-bond donors (Lipinski definition) is 2. The summed E-state index contributed by atoms with van der Waals surface area (Å²) < 4.78 is 0. The molecule has 1 atom stereocenters. The van der Waals surface area contributed by atoms with Crippen molar-refractivity contribution >= 4 is 17.2 Å². The van der Waals surface area contributed by atoms with Crippen molar-refractivity contribution in [2.75, 3.05) is 6.61 Å². The Morgan fingerprint density at radius 3 is 3.00 bits per heavy atom. The first-order valence-corrected chi connectivity index (χ1v) is 6.59. The van der Waals surface area contributed by atoms with E-state index in [1.54, 1.807) is 11.3 Å². The minimum Gasteiger partial charge on any atom is -0.396 e.